The molecule has 1 aromatic carbocycles. The molecule has 0 aromatic heterocycles. The van der Waals surface area contributed by atoms with Crippen LogP contribution in [0.3, 0.4) is 0 Å². The van der Waals surface area contributed by atoms with Crippen molar-refractivity contribution in [2.45, 2.75) is 56.7 Å². The summed E-state index contributed by atoms with van der Waals surface area (Å²) in [5.41, 5.74) is 0.915. The monoisotopic (exact) mass is 498 g/mol. The predicted molar refractivity (Wildman–Crippen MR) is 125 cm³/mol. The number of piperidine rings is 2. The Morgan fingerprint density at radius 1 is 1.18 bits per heavy atom. The van der Waals surface area contributed by atoms with Crippen LogP contribution in [0, 0.1) is 5.92 Å². The molecule has 2 aliphatic heterocycles. The van der Waals surface area contributed by atoms with Crippen molar-refractivity contribution in [2.24, 2.45) is 10.9 Å². The fraction of sp³-hybridized carbons (Fsp3) is 0.682. The van der Waals surface area contributed by atoms with E-state index in [2.05, 4.69) is 50.4 Å². The van der Waals surface area contributed by atoms with Gasteiger partial charge in [-0.25, -0.2) is 0 Å². The molecule has 2 atom stereocenters. The van der Waals surface area contributed by atoms with Crippen LogP contribution in [0.5, 0.6) is 0 Å². The summed E-state index contributed by atoms with van der Waals surface area (Å²) in [4.78, 5) is 9.62. The van der Waals surface area contributed by atoms with Gasteiger partial charge in [-0.3, -0.25) is 9.89 Å². The number of nitrogens with zero attached hydrogens (tertiary/aromatic N) is 3. The molecule has 1 saturated carbocycles. The summed E-state index contributed by atoms with van der Waals surface area (Å²) in [6, 6.07) is 11.6. The third-order valence-electron chi connectivity index (χ3n) is 6.78. The first kappa shape index (κ1) is 21.8. The van der Waals surface area contributed by atoms with E-state index in [4.69, 9.17) is 0 Å². The Morgan fingerprint density at radius 3 is 2.64 bits per heavy atom. The van der Waals surface area contributed by atoms with Crippen molar-refractivity contribution in [1.82, 2.24) is 15.1 Å². The molecule has 2 saturated heterocycles. The van der Waals surface area contributed by atoms with Crippen LogP contribution in [0.15, 0.2) is 35.3 Å². The summed E-state index contributed by atoms with van der Waals surface area (Å²) in [6.07, 6.45) is 6.76. The highest BCUT2D eigenvalue weighted by Gasteiger charge is 2.38. The van der Waals surface area contributed by atoms with E-state index in [-0.39, 0.29) is 24.0 Å². The van der Waals surface area contributed by atoms with Gasteiger partial charge in [-0.05, 0) is 56.6 Å². The van der Waals surface area contributed by atoms with Crippen LogP contribution in [-0.4, -0.2) is 65.7 Å². The Balaban J connectivity index is 0.00000225. The molecule has 5 nitrogen and oxygen atoms in total. The van der Waals surface area contributed by atoms with Crippen molar-refractivity contribution >= 4 is 29.9 Å². The molecule has 4 rings (SSSR count). The summed E-state index contributed by atoms with van der Waals surface area (Å²) in [7, 11) is 1.86. The first-order chi connectivity index (χ1) is 13.2. The van der Waals surface area contributed by atoms with Gasteiger partial charge in [0.1, 0.15) is 0 Å². The number of hydrogen-bond donors (Lipinski definition) is 2. The molecule has 2 heterocycles. The highest BCUT2D eigenvalue weighted by atomic mass is 127. The van der Waals surface area contributed by atoms with Gasteiger partial charge in [0.2, 0.25) is 0 Å². The van der Waals surface area contributed by atoms with Crippen LogP contribution in [0.25, 0.3) is 0 Å². The molecular formula is C22H35IN4O. The molecule has 0 bridgehead atoms. The maximum atomic E-state index is 10.4. The lowest BCUT2D eigenvalue weighted by Gasteiger charge is -2.48. The normalized spacial score (nSPS) is 27.4. The predicted octanol–water partition coefficient (Wildman–Crippen LogP) is 3.08. The van der Waals surface area contributed by atoms with Crippen molar-refractivity contribution in [3.05, 3.63) is 35.9 Å². The first-order valence-electron chi connectivity index (χ1n) is 10.6. The van der Waals surface area contributed by atoms with Crippen molar-refractivity contribution in [3.63, 3.8) is 0 Å². The largest absolute Gasteiger partial charge is 0.388 e. The lowest BCUT2D eigenvalue weighted by molar-refractivity contribution is -0.0287. The Hall–Kier alpha value is -0.860. The average molecular weight is 498 g/mol. The molecule has 2 unspecified atom stereocenters. The summed E-state index contributed by atoms with van der Waals surface area (Å²) in [6.45, 7) is 5.04. The fourth-order valence-corrected chi connectivity index (χ4v) is 5.05. The van der Waals surface area contributed by atoms with Crippen LogP contribution in [0.4, 0.5) is 0 Å². The Bertz CT molecular complexity index is 649. The van der Waals surface area contributed by atoms with Gasteiger partial charge in [-0.1, -0.05) is 30.3 Å². The molecule has 3 aliphatic rings. The number of fused-ring (bicyclic) bond motifs is 1. The van der Waals surface area contributed by atoms with Gasteiger partial charge in [-0.2, -0.15) is 0 Å². The Kier molecular flexibility index (Phi) is 7.61. The fourth-order valence-electron chi connectivity index (χ4n) is 5.05. The molecule has 156 valence electrons. The maximum Gasteiger partial charge on any atom is 0.193 e. The van der Waals surface area contributed by atoms with Crippen molar-refractivity contribution in [2.75, 3.05) is 33.2 Å². The van der Waals surface area contributed by atoms with E-state index in [9.17, 15) is 5.11 Å². The van der Waals surface area contributed by atoms with Gasteiger partial charge < -0.3 is 15.3 Å². The van der Waals surface area contributed by atoms with E-state index < -0.39 is 5.60 Å². The molecule has 6 heteroatoms. The summed E-state index contributed by atoms with van der Waals surface area (Å²) < 4.78 is 0. The zero-order valence-electron chi connectivity index (χ0n) is 17.0. The standard InChI is InChI=1S/C22H34N4O.HI/c1-23-21(24-17-22(27)11-6-12-22)26-14-10-20-19(16-26)9-5-13-25(20)15-18-7-3-2-4-8-18;/h2-4,7-8,19-20,27H,5-6,9-17H2,1H3,(H,23,24);1H. The van der Waals surface area contributed by atoms with Crippen molar-refractivity contribution in [1.29, 1.82) is 0 Å². The molecular weight excluding hydrogens is 463 g/mol. The quantitative estimate of drug-likeness (QED) is 0.381. The lowest BCUT2D eigenvalue weighted by Crippen LogP contribution is -2.58. The minimum absolute atomic E-state index is 0. The van der Waals surface area contributed by atoms with E-state index in [0.29, 0.717) is 18.5 Å². The molecule has 0 radical (unpaired) electrons. The Morgan fingerprint density at radius 2 is 1.96 bits per heavy atom. The maximum absolute atomic E-state index is 10.4. The second-order valence-electron chi connectivity index (χ2n) is 8.64. The minimum atomic E-state index is -0.508. The molecule has 3 fully saturated rings. The molecule has 28 heavy (non-hydrogen) atoms. The van der Waals surface area contributed by atoms with Gasteiger partial charge >= 0.3 is 0 Å². The lowest BCUT2D eigenvalue weighted by atomic mass is 9.80. The number of hydrogen-bond acceptors (Lipinski definition) is 3. The van der Waals surface area contributed by atoms with Crippen LogP contribution in [-0.2, 0) is 6.54 Å². The highest BCUT2D eigenvalue weighted by molar-refractivity contribution is 14.0. The van der Waals surface area contributed by atoms with Crippen molar-refractivity contribution in [3.8, 4) is 0 Å². The zero-order valence-corrected chi connectivity index (χ0v) is 19.3. The van der Waals surface area contributed by atoms with Gasteiger partial charge in [0.05, 0.1) is 5.60 Å². The van der Waals surface area contributed by atoms with Gasteiger partial charge in [0.15, 0.2) is 5.96 Å². The van der Waals surface area contributed by atoms with Crippen LogP contribution >= 0.6 is 24.0 Å². The van der Waals surface area contributed by atoms with E-state index >= 15 is 0 Å². The molecule has 1 aromatic rings. The van der Waals surface area contributed by atoms with E-state index in [0.717, 1.165) is 44.9 Å². The third kappa shape index (κ3) is 5.00. The van der Waals surface area contributed by atoms with E-state index in [1.54, 1.807) is 0 Å². The molecule has 0 spiro atoms. The highest BCUT2D eigenvalue weighted by Crippen LogP contribution is 2.33. The summed E-state index contributed by atoms with van der Waals surface area (Å²) in [5.74, 6) is 1.68. The number of guanidine groups is 1. The zero-order chi connectivity index (χ0) is 18.7. The Labute approximate surface area is 186 Å². The average Bonchev–Trinajstić information content (AvgIpc) is 2.68. The van der Waals surface area contributed by atoms with Gasteiger partial charge in [0, 0.05) is 39.3 Å². The minimum Gasteiger partial charge on any atom is -0.388 e. The molecule has 0 amide bonds. The van der Waals surface area contributed by atoms with Crippen LogP contribution < -0.4 is 5.32 Å². The summed E-state index contributed by atoms with van der Waals surface area (Å²) >= 11 is 0. The van der Waals surface area contributed by atoms with Gasteiger partial charge in [-0.15, -0.1) is 24.0 Å². The SMILES string of the molecule is CN=C(NCC1(O)CCC1)N1CCC2C(CCCN2Cc2ccccc2)C1.I. The number of nitrogens with one attached hydrogen (secondary N) is 1. The second-order valence-corrected chi connectivity index (χ2v) is 8.64. The number of benzene rings is 1. The number of halogens is 1. The number of aliphatic imine (C=N–C) groups is 1. The third-order valence-corrected chi connectivity index (χ3v) is 6.78. The second kappa shape index (κ2) is 9.76. The molecule has 1 aliphatic carbocycles. The van der Waals surface area contributed by atoms with Crippen LogP contribution in [0.1, 0.15) is 44.1 Å². The number of likely N-dealkylation sites (tertiary alicyclic amines) is 2. The topological polar surface area (TPSA) is 51.1 Å². The van der Waals surface area contributed by atoms with Crippen molar-refractivity contribution < 1.29 is 5.11 Å². The number of rotatable bonds is 4. The summed E-state index contributed by atoms with van der Waals surface area (Å²) in [5, 5.41) is 13.8. The number of aliphatic hydroxyl groups is 1. The van der Waals surface area contributed by atoms with E-state index in [1.165, 1.54) is 31.4 Å². The first-order valence-corrected chi connectivity index (χ1v) is 10.6. The van der Waals surface area contributed by atoms with E-state index in [1.807, 2.05) is 7.05 Å². The molecule has 2 N–H and O–H groups in total. The van der Waals surface area contributed by atoms with Crippen LogP contribution in [0.2, 0.25) is 0 Å². The smallest absolute Gasteiger partial charge is 0.193 e. The van der Waals surface area contributed by atoms with Gasteiger partial charge in [0.25, 0.3) is 0 Å².